The summed E-state index contributed by atoms with van der Waals surface area (Å²) in [5.41, 5.74) is 8.53. The summed E-state index contributed by atoms with van der Waals surface area (Å²) < 4.78 is 21.2. The first kappa shape index (κ1) is 21.7. The van der Waals surface area contributed by atoms with Gasteiger partial charge in [-0.2, -0.15) is 0 Å². The van der Waals surface area contributed by atoms with Gasteiger partial charge < -0.3 is 24.7 Å². The molecule has 7 nitrogen and oxygen atoms in total. The van der Waals surface area contributed by atoms with Crippen molar-refractivity contribution >= 4 is 29.3 Å². The van der Waals surface area contributed by atoms with Crippen LogP contribution in [-0.4, -0.2) is 30.8 Å². The number of benzene rings is 1. The molecule has 152 valence electrons. The van der Waals surface area contributed by atoms with E-state index < -0.39 is 12.1 Å². The van der Waals surface area contributed by atoms with Crippen LogP contribution in [-0.2, 0) is 22.5 Å². The Hall–Kier alpha value is -2.61. The lowest BCUT2D eigenvalue weighted by Crippen LogP contribution is -2.19. The third-order valence-electron chi connectivity index (χ3n) is 4.51. The van der Waals surface area contributed by atoms with Crippen molar-refractivity contribution in [3.05, 3.63) is 33.9 Å². The highest BCUT2D eigenvalue weighted by atomic mass is 32.1. The fraction of sp³-hybridized carbons (Fsp3) is 0.450. The highest BCUT2D eigenvalue weighted by Gasteiger charge is 2.33. The zero-order valence-electron chi connectivity index (χ0n) is 16.5. The Morgan fingerprint density at radius 3 is 2.64 bits per heavy atom. The molecule has 1 aliphatic heterocycles. The van der Waals surface area contributed by atoms with Crippen LogP contribution in [0, 0.1) is 6.92 Å². The molecule has 1 aromatic rings. The first-order valence-corrected chi connectivity index (χ1v) is 9.38. The van der Waals surface area contributed by atoms with Crippen LogP contribution in [0.1, 0.15) is 53.7 Å². The fourth-order valence-electron chi connectivity index (χ4n) is 3.13. The molecule has 0 aromatic heterocycles. The Morgan fingerprint density at radius 1 is 1.32 bits per heavy atom. The van der Waals surface area contributed by atoms with Crippen molar-refractivity contribution < 1.29 is 28.5 Å². The van der Waals surface area contributed by atoms with Crippen LogP contribution < -0.4 is 15.2 Å². The van der Waals surface area contributed by atoms with E-state index in [1.54, 1.807) is 0 Å². The van der Waals surface area contributed by atoms with Gasteiger partial charge in [-0.3, -0.25) is 0 Å². The number of hydrogen-bond acceptors (Lipinski definition) is 7. The van der Waals surface area contributed by atoms with Crippen LogP contribution in [0.4, 0.5) is 4.79 Å². The van der Waals surface area contributed by atoms with Crippen molar-refractivity contribution in [2.45, 2.75) is 46.6 Å². The van der Waals surface area contributed by atoms with E-state index in [9.17, 15) is 9.59 Å². The number of fused-ring (bicyclic) bond motifs is 1. The second-order valence-electron chi connectivity index (χ2n) is 6.38. The van der Waals surface area contributed by atoms with E-state index in [1.807, 2.05) is 26.8 Å². The largest absolute Gasteiger partial charge is 0.496 e. The van der Waals surface area contributed by atoms with E-state index in [0.29, 0.717) is 41.4 Å². The van der Waals surface area contributed by atoms with Gasteiger partial charge in [0.2, 0.25) is 0 Å². The van der Waals surface area contributed by atoms with Crippen LogP contribution in [0.15, 0.2) is 11.6 Å². The molecule has 8 heteroatoms. The normalized spacial score (nSPS) is 13.0. The molecule has 0 unspecified atom stereocenters. The number of allylic oxidation sites excluding steroid dienone is 2. The average Bonchev–Trinajstić information content (AvgIpc) is 3.02. The summed E-state index contributed by atoms with van der Waals surface area (Å²) in [5.74, 6) is 0.101. The summed E-state index contributed by atoms with van der Waals surface area (Å²) in [4.78, 5) is 23.7. The summed E-state index contributed by atoms with van der Waals surface area (Å²) >= 11 is 5.15. The van der Waals surface area contributed by atoms with Crippen LogP contribution in [0.5, 0.6) is 11.5 Å². The number of esters is 1. The van der Waals surface area contributed by atoms with Gasteiger partial charge in [0.1, 0.15) is 17.9 Å². The monoisotopic (exact) mass is 407 g/mol. The summed E-state index contributed by atoms with van der Waals surface area (Å²) in [6, 6.07) is 0. The van der Waals surface area contributed by atoms with E-state index in [-0.39, 0.29) is 17.9 Å². The molecule has 0 radical (unpaired) electrons. The maximum Gasteiger partial charge on any atom is 0.410 e. The number of carbonyl (C=O) groups excluding carboxylic acids is 2. The Morgan fingerprint density at radius 2 is 2.04 bits per heavy atom. The SMILES string of the molecule is CCOC(=S)CC/C(C)=C/Cc1c(OC)c(C)c2c(c1OC(N)=O)C(=O)OC2. The first-order valence-electron chi connectivity index (χ1n) is 8.98. The molecule has 0 saturated heterocycles. The quantitative estimate of drug-likeness (QED) is 0.398. The van der Waals surface area contributed by atoms with Crippen molar-refractivity contribution in [3.63, 3.8) is 0 Å². The van der Waals surface area contributed by atoms with Crippen molar-refractivity contribution in [1.82, 2.24) is 0 Å². The molecule has 2 N–H and O–H groups in total. The number of ether oxygens (including phenoxy) is 4. The van der Waals surface area contributed by atoms with Crippen LogP contribution in [0.2, 0.25) is 0 Å². The third-order valence-corrected chi connectivity index (χ3v) is 4.83. The first-order chi connectivity index (χ1) is 13.3. The molecule has 0 saturated carbocycles. The number of methoxy groups -OCH3 is 1. The number of primary amides is 1. The minimum absolute atomic E-state index is 0.0985. The molecular weight excluding hydrogens is 382 g/mol. The zero-order valence-corrected chi connectivity index (χ0v) is 17.4. The Kier molecular flexibility index (Phi) is 7.39. The minimum Gasteiger partial charge on any atom is -0.496 e. The molecule has 1 heterocycles. The van der Waals surface area contributed by atoms with Gasteiger partial charge in [0.05, 0.1) is 13.7 Å². The highest BCUT2D eigenvalue weighted by molar-refractivity contribution is 7.80. The van der Waals surface area contributed by atoms with Gasteiger partial charge in [-0.1, -0.05) is 11.6 Å². The summed E-state index contributed by atoms with van der Waals surface area (Å²) in [6.45, 7) is 6.37. The highest BCUT2D eigenvalue weighted by Crippen LogP contribution is 2.42. The number of carbonyl (C=O) groups is 2. The summed E-state index contributed by atoms with van der Waals surface area (Å²) in [7, 11) is 1.53. The van der Waals surface area contributed by atoms with Gasteiger partial charge in [0.25, 0.3) is 0 Å². The lowest BCUT2D eigenvalue weighted by Gasteiger charge is -2.18. The Bertz CT molecular complexity index is 831. The van der Waals surface area contributed by atoms with E-state index in [2.05, 4.69) is 0 Å². The average molecular weight is 407 g/mol. The predicted octanol–water partition coefficient (Wildman–Crippen LogP) is 3.76. The smallest absolute Gasteiger partial charge is 0.410 e. The molecule has 0 spiro atoms. The predicted molar refractivity (Wildman–Crippen MR) is 108 cm³/mol. The maximum absolute atomic E-state index is 12.2. The molecule has 1 aromatic carbocycles. The maximum atomic E-state index is 12.2. The van der Waals surface area contributed by atoms with Crippen molar-refractivity contribution in [1.29, 1.82) is 0 Å². The lowest BCUT2D eigenvalue weighted by molar-refractivity contribution is 0.0533. The number of hydrogen-bond donors (Lipinski definition) is 1. The molecule has 28 heavy (non-hydrogen) atoms. The fourth-order valence-corrected chi connectivity index (χ4v) is 3.35. The van der Waals surface area contributed by atoms with E-state index in [1.165, 1.54) is 7.11 Å². The van der Waals surface area contributed by atoms with Crippen LogP contribution >= 0.6 is 12.2 Å². The van der Waals surface area contributed by atoms with Crippen LogP contribution in [0.3, 0.4) is 0 Å². The molecular formula is C20H25NO6S. The van der Waals surface area contributed by atoms with E-state index >= 15 is 0 Å². The Balaban J connectivity index is 2.39. The molecule has 0 fully saturated rings. The molecule has 2 rings (SSSR count). The number of amides is 1. The lowest BCUT2D eigenvalue weighted by atomic mass is 9.94. The molecule has 0 bridgehead atoms. The van der Waals surface area contributed by atoms with Gasteiger partial charge in [0, 0.05) is 17.5 Å². The topological polar surface area (TPSA) is 97.1 Å². The zero-order chi connectivity index (χ0) is 20.8. The van der Waals surface area contributed by atoms with Gasteiger partial charge in [-0.05, 0) is 51.4 Å². The second kappa shape index (κ2) is 9.54. The Labute approximate surface area is 169 Å². The number of nitrogens with two attached hydrogens (primary N) is 1. The minimum atomic E-state index is -1.00. The standard InChI is InChI=1S/C20H25NO6S/c1-5-25-15(28)9-7-11(2)6-8-13-17(24-4)12(3)14-10-26-19(22)16(14)18(13)27-20(21)23/h6H,5,7-10H2,1-4H3,(H2,21,23)/b11-6+. The van der Waals surface area contributed by atoms with Gasteiger partial charge in [-0.25, -0.2) is 9.59 Å². The molecule has 0 aliphatic carbocycles. The van der Waals surface area contributed by atoms with Gasteiger partial charge in [-0.15, -0.1) is 0 Å². The number of rotatable bonds is 8. The van der Waals surface area contributed by atoms with Gasteiger partial charge in [0.15, 0.2) is 10.8 Å². The van der Waals surface area contributed by atoms with E-state index in [4.69, 9.17) is 36.9 Å². The van der Waals surface area contributed by atoms with Crippen molar-refractivity contribution in [2.24, 2.45) is 5.73 Å². The third kappa shape index (κ3) is 4.81. The molecule has 0 atom stereocenters. The summed E-state index contributed by atoms with van der Waals surface area (Å²) in [6.07, 6.45) is 2.74. The van der Waals surface area contributed by atoms with Crippen LogP contribution in [0.25, 0.3) is 0 Å². The number of thiocarbonyl (C=S) groups is 1. The molecule has 1 aliphatic rings. The van der Waals surface area contributed by atoms with Crippen molar-refractivity contribution in [2.75, 3.05) is 13.7 Å². The van der Waals surface area contributed by atoms with E-state index in [0.717, 1.165) is 17.6 Å². The second-order valence-corrected chi connectivity index (χ2v) is 6.83. The van der Waals surface area contributed by atoms with Gasteiger partial charge >= 0.3 is 12.1 Å². The van der Waals surface area contributed by atoms with Crippen molar-refractivity contribution in [3.8, 4) is 11.5 Å². The molecule has 1 amide bonds. The number of cyclic esters (lactones) is 1. The summed E-state index contributed by atoms with van der Waals surface area (Å²) in [5, 5.41) is 0.571.